The van der Waals surface area contributed by atoms with Crippen LogP contribution in [-0.4, -0.2) is 76.3 Å². The summed E-state index contributed by atoms with van der Waals surface area (Å²) in [6.45, 7) is 0.673. The number of piperidine rings is 1. The van der Waals surface area contributed by atoms with E-state index in [2.05, 4.69) is 0 Å². The van der Waals surface area contributed by atoms with Gasteiger partial charge in [-0.25, -0.2) is 9.18 Å². The first-order valence-electron chi connectivity index (χ1n) is 9.18. The Morgan fingerprint density at radius 3 is 2.48 bits per heavy atom. The molecule has 1 fully saturated rings. The molecule has 0 radical (unpaired) electrons. The van der Waals surface area contributed by atoms with Gasteiger partial charge in [-0.2, -0.15) is 0 Å². The number of aromatic carboxylic acids is 1. The molecule has 1 aliphatic heterocycles. The Hall–Kier alpha value is -2.97. The maximum absolute atomic E-state index is 14.3. The van der Waals surface area contributed by atoms with Crippen molar-refractivity contribution in [2.24, 2.45) is 0 Å². The van der Waals surface area contributed by atoms with Crippen LogP contribution < -0.4 is 0 Å². The molecule has 2 atom stereocenters. The number of phenolic OH excluding ortho intramolecular Hbond substituents is 1. The molecular weight excluding hydrogens is 379 g/mol. The summed E-state index contributed by atoms with van der Waals surface area (Å²) in [7, 11) is 3.65. The molecule has 0 aliphatic carbocycles. The first-order chi connectivity index (χ1) is 13.7. The fourth-order valence-electron chi connectivity index (χ4n) is 3.57. The lowest BCUT2D eigenvalue weighted by Crippen LogP contribution is -2.54. The lowest BCUT2D eigenvalue weighted by atomic mass is 9.98. The van der Waals surface area contributed by atoms with Crippen molar-refractivity contribution in [3.8, 4) is 16.9 Å². The van der Waals surface area contributed by atoms with E-state index in [-0.39, 0.29) is 40.0 Å². The molecule has 2 aromatic rings. The number of carbonyl (C=O) groups excluding carboxylic acids is 1. The molecule has 1 saturated heterocycles. The second-order valence-corrected chi connectivity index (χ2v) is 7.40. The fourth-order valence-corrected chi connectivity index (χ4v) is 3.57. The van der Waals surface area contributed by atoms with Crippen LogP contribution in [0.15, 0.2) is 36.4 Å². The number of carbonyl (C=O) groups is 2. The van der Waals surface area contributed by atoms with Crippen molar-refractivity contribution < 1.29 is 29.3 Å². The molecule has 1 amide bonds. The van der Waals surface area contributed by atoms with Crippen LogP contribution in [0.25, 0.3) is 11.1 Å². The van der Waals surface area contributed by atoms with Crippen molar-refractivity contribution in [2.45, 2.75) is 18.6 Å². The van der Waals surface area contributed by atoms with E-state index >= 15 is 0 Å². The van der Waals surface area contributed by atoms with Gasteiger partial charge in [0, 0.05) is 24.2 Å². The molecule has 29 heavy (non-hydrogen) atoms. The van der Waals surface area contributed by atoms with Crippen LogP contribution in [0.4, 0.5) is 4.39 Å². The second kappa shape index (κ2) is 8.18. The molecular formula is C21H23FN2O5. The van der Waals surface area contributed by atoms with Gasteiger partial charge in [0.1, 0.15) is 11.6 Å². The molecule has 0 spiro atoms. The highest BCUT2D eigenvalue weighted by molar-refractivity contribution is 5.96. The third-order valence-electron chi connectivity index (χ3n) is 5.20. The number of hydrogen-bond acceptors (Lipinski definition) is 5. The minimum Gasteiger partial charge on any atom is -0.507 e. The second-order valence-electron chi connectivity index (χ2n) is 7.40. The SMILES string of the molecule is CN(C)[C@@H]1CN(C(=O)c2cc(F)cc(-c3ccc(C(=O)O)cc3O)c2)CC[C@@H]1O. The largest absolute Gasteiger partial charge is 0.507 e. The lowest BCUT2D eigenvalue weighted by Gasteiger charge is -2.39. The van der Waals surface area contributed by atoms with Crippen molar-refractivity contribution in [3.05, 3.63) is 53.3 Å². The van der Waals surface area contributed by atoms with E-state index in [0.717, 1.165) is 12.1 Å². The molecule has 154 valence electrons. The fraction of sp³-hybridized carbons (Fsp3) is 0.333. The molecule has 3 N–H and O–H groups in total. The summed E-state index contributed by atoms with van der Waals surface area (Å²) in [4.78, 5) is 27.4. The highest BCUT2D eigenvalue weighted by Gasteiger charge is 2.32. The lowest BCUT2D eigenvalue weighted by molar-refractivity contribution is 0.00883. The molecule has 8 heteroatoms. The summed E-state index contributed by atoms with van der Waals surface area (Å²) in [5.74, 6) is -2.52. The molecule has 7 nitrogen and oxygen atoms in total. The number of halogens is 1. The average molecular weight is 402 g/mol. The normalized spacial score (nSPS) is 19.4. The molecule has 2 aromatic carbocycles. The van der Waals surface area contributed by atoms with Crippen LogP contribution in [0, 0.1) is 5.82 Å². The Labute approximate surface area is 167 Å². The average Bonchev–Trinajstić information content (AvgIpc) is 2.66. The highest BCUT2D eigenvalue weighted by Crippen LogP contribution is 2.32. The van der Waals surface area contributed by atoms with Crippen LogP contribution >= 0.6 is 0 Å². The minimum absolute atomic E-state index is 0.0967. The third-order valence-corrected chi connectivity index (χ3v) is 5.20. The van der Waals surface area contributed by atoms with Crippen molar-refractivity contribution in [3.63, 3.8) is 0 Å². The number of hydrogen-bond donors (Lipinski definition) is 3. The van der Waals surface area contributed by atoms with E-state index in [4.69, 9.17) is 5.11 Å². The first kappa shape index (κ1) is 20.8. The molecule has 0 bridgehead atoms. The monoisotopic (exact) mass is 402 g/mol. The third kappa shape index (κ3) is 4.38. The number of phenols is 1. The van der Waals surface area contributed by atoms with Crippen molar-refractivity contribution in [1.82, 2.24) is 9.80 Å². The minimum atomic E-state index is -1.19. The Kier molecular flexibility index (Phi) is 5.86. The smallest absolute Gasteiger partial charge is 0.335 e. The van der Waals surface area contributed by atoms with Crippen LogP contribution in [0.5, 0.6) is 5.75 Å². The number of aromatic hydroxyl groups is 1. The van der Waals surface area contributed by atoms with E-state index in [0.29, 0.717) is 19.5 Å². The summed E-state index contributed by atoms with van der Waals surface area (Å²) < 4.78 is 14.3. The summed E-state index contributed by atoms with van der Waals surface area (Å²) in [6, 6.07) is 7.32. The van der Waals surface area contributed by atoms with Gasteiger partial charge < -0.3 is 25.1 Å². The predicted octanol–water partition coefficient (Wildman–Crippen LogP) is 2.03. The van der Waals surface area contributed by atoms with Crippen molar-refractivity contribution >= 4 is 11.9 Å². The Morgan fingerprint density at radius 1 is 1.14 bits per heavy atom. The summed E-state index contributed by atoms with van der Waals surface area (Å²) in [6.07, 6.45) is -0.115. The topological polar surface area (TPSA) is 101 Å². The number of carboxylic acids is 1. The molecule has 3 rings (SSSR count). The van der Waals surface area contributed by atoms with Gasteiger partial charge in [0.25, 0.3) is 5.91 Å². The van der Waals surface area contributed by atoms with Crippen LogP contribution in [0.2, 0.25) is 0 Å². The quantitative estimate of drug-likeness (QED) is 0.724. The zero-order valence-electron chi connectivity index (χ0n) is 16.2. The van der Waals surface area contributed by atoms with Gasteiger partial charge >= 0.3 is 5.97 Å². The van der Waals surface area contributed by atoms with Gasteiger partial charge in [0.05, 0.1) is 17.7 Å². The van der Waals surface area contributed by atoms with E-state index in [1.54, 1.807) is 4.90 Å². The van der Waals surface area contributed by atoms with E-state index in [9.17, 15) is 24.2 Å². The van der Waals surface area contributed by atoms with Gasteiger partial charge in [0.15, 0.2) is 0 Å². The number of aliphatic hydroxyl groups excluding tert-OH is 1. The molecule has 0 aromatic heterocycles. The highest BCUT2D eigenvalue weighted by atomic mass is 19.1. The van der Waals surface area contributed by atoms with Crippen LogP contribution in [0.1, 0.15) is 27.1 Å². The van der Waals surface area contributed by atoms with Crippen LogP contribution in [0.3, 0.4) is 0 Å². The van der Waals surface area contributed by atoms with E-state index in [1.807, 2.05) is 19.0 Å². The zero-order chi connectivity index (χ0) is 21.3. The molecule has 0 saturated carbocycles. The van der Waals surface area contributed by atoms with E-state index in [1.165, 1.54) is 24.3 Å². The number of nitrogens with zero attached hydrogens (tertiary/aromatic N) is 2. The number of benzene rings is 2. The van der Waals surface area contributed by atoms with Crippen molar-refractivity contribution in [1.29, 1.82) is 0 Å². The van der Waals surface area contributed by atoms with Crippen LogP contribution in [-0.2, 0) is 0 Å². The number of rotatable bonds is 4. The molecule has 0 unspecified atom stereocenters. The maximum Gasteiger partial charge on any atom is 0.335 e. The van der Waals surface area contributed by atoms with Gasteiger partial charge in [-0.05, 0) is 62.5 Å². The Morgan fingerprint density at radius 2 is 1.86 bits per heavy atom. The Bertz CT molecular complexity index is 947. The number of carboxylic acid groups (broad SMARTS) is 1. The number of likely N-dealkylation sites (tertiary alicyclic amines) is 1. The zero-order valence-corrected chi connectivity index (χ0v) is 16.2. The van der Waals surface area contributed by atoms with E-state index < -0.39 is 17.9 Å². The molecule has 1 aliphatic rings. The standard InChI is InChI=1S/C21H23FN2O5/c1-23(2)17-11-24(6-5-18(17)25)20(27)14-7-13(8-15(22)9-14)16-4-3-12(21(28)29)10-19(16)26/h3-4,7-10,17-18,25-26H,5-6,11H2,1-2H3,(H,28,29)/t17-,18+/m1/s1. The summed E-state index contributed by atoms with van der Waals surface area (Å²) in [5.41, 5.74) is 0.518. The predicted molar refractivity (Wildman–Crippen MR) is 104 cm³/mol. The van der Waals surface area contributed by atoms with Gasteiger partial charge in [-0.1, -0.05) is 0 Å². The van der Waals surface area contributed by atoms with Gasteiger partial charge in [0.2, 0.25) is 0 Å². The number of likely N-dealkylation sites (N-methyl/N-ethyl adjacent to an activating group) is 1. The first-order valence-corrected chi connectivity index (χ1v) is 9.18. The maximum atomic E-state index is 14.3. The van der Waals surface area contributed by atoms with Crippen molar-refractivity contribution in [2.75, 3.05) is 27.2 Å². The number of aliphatic hydroxyl groups is 1. The Balaban J connectivity index is 1.91. The summed E-state index contributed by atoms with van der Waals surface area (Å²) in [5, 5.41) is 29.3. The van der Waals surface area contributed by atoms with Gasteiger partial charge in [-0.15, -0.1) is 0 Å². The van der Waals surface area contributed by atoms with Gasteiger partial charge in [-0.3, -0.25) is 4.79 Å². The number of amides is 1. The summed E-state index contributed by atoms with van der Waals surface area (Å²) >= 11 is 0. The molecule has 1 heterocycles.